The first-order chi connectivity index (χ1) is 48.7. The van der Waals surface area contributed by atoms with Gasteiger partial charge in [-0.25, -0.2) is 0 Å². The summed E-state index contributed by atoms with van der Waals surface area (Å²) >= 11 is 0. The third-order valence-electron chi connectivity index (χ3n) is 20.5. The normalized spacial score (nSPS) is 23.8. The van der Waals surface area contributed by atoms with Gasteiger partial charge in [0.25, 0.3) is 0 Å². The predicted molar refractivity (Wildman–Crippen MR) is 394 cm³/mol. The molecule has 11 atom stereocenters. The highest BCUT2D eigenvalue weighted by atomic mass is 16.3. The minimum atomic E-state index is -2.38. The molecule has 5 rings (SSSR count). The number of hydrogen-bond acceptors (Lipinski definition) is 14. The molecule has 0 saturated carbocycles. The van der Waals surface area contributed by atoms with Gasteiger partial charge in [0.2, 0.25) is 76.8 Å². The molecule has 104 heavy (non-hydrogen) atoms. The molecule has 27 nitrogen and oxygen atoms in total. The average molecular weight is 1450 g/mol. The van der Waals surface area contributed by atoms with Crippen molar-refractivity contribution in [2.45, 2.75) is 199 Å². The first kappa shape index (κ1) is 85.4. The number of benzene rings is 3. The van der Waals surface area contributed by atoms with Crippen molar-refractivity contribution in [2.75, 3.05) is 82.6 Å². The van der Waals surface area contributed by atoms with E-state index in [-0.39, 0.29) is 49.8 Å². The fourth-order valence-corrected chi connectivity index (χ4v) is 13.3. The Morgan fingerprint density at radius 3 is 1.62 bits per heavy atom. The Morgan fingerprint density at radius 2 is 1.11 bits per heavy atom. The third-order valence-corrected chi connectivity index (χ3v) is 20.5. The predicted octanol–water partition coefficient (Wildman–Crippen LogP) is 2.90. The number of aliphatic hydroxyl groups is 1. The molecule has 0 aromatic heterocycles. The molecule has 27 heteroatoms. The minimum Gasteiger partial charge on any atom is -0.390 e. The van der Waals surface area contributed by atoms with Gasteiger partial charge in [-0.1, -0.05) is 133 Å². The van der Waals surface area contributed by atoms with E-state index >= 15 is 28.8 Å². The fourth-order valence-electron chi connectivity index (χ4n) is 13.3. The largest absolute Gasteiger partial charge is 0.390 e. The number of carbonyl (C=O) groups is 13. The Morgan fingerprint density at radius 1 is 0.596 bits per heavy atom. The van der Waals surface area contributed by atoms with Crippen LogP contribution in [0, 0.1) is 17.8 Å². The Balaban J connectivity index is 1.66. The first-order valence-corrected chi connectivity index (χ1v) is 36.1. The molecule has 2 fully saturated rings. The van der Waals surface area contributed by atoms with Gasteiger partial charge < -0.3 is 70.5 Å². The van der Waals surface area contributed by atoms with Crippen LogP contribution in [0.25, 0.3) is 0 Å². The lowest BCUT2D eigenvalue weighted by Crippen LogP contribution is -2.68. The molecule has 0 bridgehead atoms. The molecule has 2 aliphatic rings. The molecule has 2 aliphatic heterocycles. The van der Waals surface area contributed by atoms with Gasteiger partial charge >= 0.3 is 0 Å². The van der Waals surface area contributed by atoms with E-state index in [9.17, 15) is 38.7 Å². The molecule has 0 unspecified atom stereocenters. The lowest BCUT2D eigenvalue weighted by Gasteiger charge is -2.43. The molecule has 0 radical (unpaired) electrons. The zero-order valence-corrected chi connectivity index (χ0v) is 64.6. The summed E-state index contributed by atoms with van der Waals surface area (Å²) in [4.78, 5) is 205. The quantitative estimate of drug-likeness (QED) is 0.115. The maximum Gasteiger partial charge on any atom is 0.248 e. The van der Waals surface area contributed by atoms with Gasteiger partial charge in [0.05, 0.1) is 25.6 Å². The van der Waals surface area contributed by atoms with Crippen LogP contribution in [0.5, 0.6) is 0 Å². The topological polar surface area (TPSA) is 319 Å². The van der Waals surface area contributed by atoms with Crippen LogP contribution in [0.4, 0.5) is 0 Å². The highest BCUT2D eigenvalue weighted by molar-refractivity contribution is 6.02. The monoisotopic (exact) mass is 1450 g/mol. The van der Waals surface area contributed by atoms with Crippen molar-refractivity contribution < 1.29 is 67.4 Å². The van der Waals surface area contributed by atoms with Crippen molar-refractivity contribution in [1.29, 1.82) is 0 Å². The number of rotatable bonds is 19. The number of carbonyl (C=O) groups excluding carboxylic acids is 13. The van der Waals surface area contributed by atoms with Gasteiger partial charge in [-0.05, 0) is 101 Å². The Bertz CT molecular complexity index is 3500. The van der Waals surface area contributed by atoms with Crippen LogP contribution in [-0.4, -0.2) is 274 Å². The molecule has 0 spiro atoms. The molecule has 572 valence electrons. The van der Waals surface area contributed by atoms with Crippen LogP contribution in [0.15, 0.2) is 91.0 Å². The zero-order chi connectivity index (χ0) is 78.0. The number of nitrogens with one attached hydrogen (secondary N) is 4. The van der Waals surface area contributed by atoms with Crippen LogP contribution in [-0.2, 0) is 81.6 Å². The summed E-state index contributed by atoms with van der Waals surface area (Å²) in [6.07, 6.45) is -0.288. The van der Waals surface area contributed by atoms with Crippen molar-refractivity contribution in [3.05, 3.63) is 108 Å². The second-order valence-corrected chi connectivity index (χ2v) is 29.9. The van der Waals surface area contributed by atoms with Gasteiger partial charge in [0.15, 0.2) is 0 Å². The molecule has 2 heterocycles. The number of aliphatic hydroxyl groups excluding tert-OH is 1. The molecule has 13 amide bonds. The van der Waals surface area contributed by atoms with E-state index in [0.717, 1.165) is 43.8 Å². The molecule has 3 aromatic rings. The lowest BCUT2D eigenvalue weighted by molar-refractivity contribution is -0.156. The Kier molecular flexibility index (Phi) is 31.2. The van der Waals surface area contributed by atoms with Gasteiger partial charge in [0.1, 0.15) is 59.4 Å². The van der Waals surface area contributed by atoms with Crippen molar-refractivity contribution in [2.24, 2.45) is 17.8 Å². The minimum absolute atomic E-state index is 0.0155. The van der Waals surface area contributed by atoms with E-state index in [1.54, 1.807) is 137 Å². The molecular weight excluding hydrogens is 1330 g/mol. The molecule has 5 N–H and O–H groups in total. The summed E-state index contributed by atoms with van der Waals surface area (Å²) in [6, 6.07) is 15.4. The second kappa shape index (κ2) is 38.0. The smallest absolute Gasteiger partial charge is 0.248 e. The number of nitrogens with zero attached hydrogens (tertiary/aromatic N) is 9. The van der Waals surface area contributed by atoms with Crippen LogP contribution >= 0.6 is 0 Å². The number of hydrogen-bond donors (Lipinski definition) is 5. The van der Waals surface area contributed by atoms with E-state index in [0.29, 0.717) is 29.8 Å². The highest BCUT2D eigenvalue weighted by Gasteiger charge is 2.49. The molecule has 0 aliphatic carbocycles. The summed E-state index contributed by atoms with van der Waals surface area (Å²) in [7, 11) is 10.8. The summed E-state index contributed by atoms with van der Waals surface area (Å²) in [6.45, 7) is 17.4. The van der Waals surface area contributed by atoms with Crippen LogP contribution in [0.2, 0.25) is 0 Å². The molecule has 2 saturated heterocycles. The standard InChI is InChI=1S/C77H115N13O14/c1-48(2)40-58-68(97)81-77(11,53(9)91)74(103)79-57(71(100)88(18)61(43-56-36-28-22-29-37-56)72(101)87(17)59(41-54-32-24-20-25-33-54)66(95)78-51(7)69(98)90-38-30-23-31-39-90)44-62(92)82(12)46-63(93)84(14)52(8)70(99)86(16)60(42-55-34-26-21-27-35-55)67(96)80-65(50(5)6)73(102)89(19)76(10,45-49(3)4)75(104)83(13)47-64(94)85(58)15/h20-22,24-29,32-37,48-53,57-61,65,91H,23,30-31,38-47H2,1-19H3,(H,78,95)(H,79,103)(H,80,96)(H,81,97)/t51-,52-,53+,57-,58-,59-,60-,61-,65-,76-,77-/m0/s1. The number of amides is 13. The van der Waals surface area contributed by atoms with Gasteiger partial charge in [-0.3, -0.25) is 62.3 Å². The van der Waals surface area contributed by atoms with Crippen molar-refractivity contribution in [3.63, 3.8) is 0 Å². The molecular formula is C77H115N13O14. The maximum absolute atomic E-state index is 15.8. The Hall–Kier alpha value is -9.27. The third kappa shape index (κ3) is 21.9. The van der Waals surface area contributed by atoms with Crippen LogP contribution in [0.3, 0.4) is 0 Å². The van der Waals surface area contributed by atoms with Crippen molar-refractivity contribution in [1.82, 2.24) is 65.4 Å². The lowest BCUT2D eigenvalue weighted by atomic mass is 9.86. The average Bonchev–Trinajstić information content (AvgIpc) is 0.783. The van der Waals surface area contributed by atoms with Crippen molar-refractivity contribution >= 4 is 76.8 Å². The van der Waals surface area contributed by atoms with E-state index in [4.69, 9.17) is 0 Å². The van der Waals surface area contributed by atoms with Crippen LogP contribution in [0.1, 0.15) is 131 Å². The van der Waals surface area contributed by atoms with Gasteiger partial charge in [0, 0.05) is 88.7 Å². The maximum atomic E-state index is 15.8. The van der Waals surface area contributed by atoms with E-state index in [1.165, 1.54) is 91.9 Å². The first-order valence-electron chi connectivity index (χ1n) is 36.1. The number of piperidine rings is 1. The van der Waals surface area contributed by atoms with E-state index in [1.807, 2.05) is 13.8 Å². The van der Waals surface area contributed by atoms with Crippen molar-refractivity contribution in [3.8, 4) is 0 Å². The molecule has 3 aromatic carbocycles. The van der Waals surface area contributed by atoms with E-state index < -0.39 is 162 Å². The Labute approximate surface area is 614 Å². The zero-order valence-electron chi connectivity index (χ0n) is 64.6. The van der Waals surface area contributed by atoms with Crippen LogP contribution < -0.4 is 21.3 Å². The van der Waals surface area contributed by atoms with Gasteiger partial charge in [-0.2, -0.15) is 0 Å². The summed E-state index contributed by atoms with van der Waals surface area (Å²) in [5, 5.41) is 22.7. The number of likely N-dealkylation sites (tertiary alicyclic amines) is 1. The number of likely N-dealkylation sites (N-methyl/N-ethyl adjacent to an activating group) is 8. The second-order valence-electron chi connectivity index (χ2n) is 29.9. The summed E-state index contributed by atoms with van der Waals surface area (Å²) < 4.78 is 0. The summed E-state index contributed by atoms with van der Waals surface area (Å²) in [5.41, 5.74) is -2.16. The SMILES string of the molecule is CC(C)C[C@H]1C(=O)N[C@@](C)([C@@H](C)O)C(=O)N[C@H](C(=O)N(C)[C@@H](Cc2ccccc2)C(=O)N(C)[C@@H](Cc2ccccc2)C(=O)N[C@@H](C)C(=O)N2CCCCC2)CC(=O)N(C)CC(=O)N(C)[C@@H](C)C(=O)N(C)[C@@H](Cc2ccccc2)C(=O)N[C@@H](C(C)C)C(=O)N(C)[C@@](C)(CC(C)C)C(=O)N(C)CC(=O)N1C. The van der Waals surface area contributed by atoms with E-state index in [2.05, 4.69) is 21.3 Å². The fraction of sp³-hybridized carbons (Fsp3) is 0.597. The highest BCUT2D eigenvalue weighted by Crippen LogP contribution is 2.29. The van der Waals surface area contributed by atoms with Gasteiger partial charge in [-0.15, -0.1) is 0 Å². The summed E-state index contributed by atoms with van der Waals surface area (Å²) in [5.74, 6) is -11.2.